The third kappa shape index (κ3) is 8.39. The molecule has 2 heterocycles. The molecule has 1 aliphatic heterocycles. The van der Waals surface area contributed by atoms with Crippen molar-refractivity contribution < 1.29 is 27.9 Å². The quantitative estimate of drug-likeness (QED) is 0.175. The smallest absolute Gasteiger partial charge is 0.390 e. The molecule has 3 atom stereocenters. The first-order valence-electron chi connectivity index (χ1n) is 14.9. The maximum absolute atomic E-state index is 13.7. The fourth-order valence-electron chi connectivity index (χ4n) is 5.76. The number of alkyl halides is 3. The molecular weight excluding hydrogens is 599 g/mol. The van der Waals surface area contributed by atoms with Gasteiger partial charge in [0.1, 0.15) is 0 Å². The molecule has 4 aromatic rings. The second kappa shape index (κ2) is 14.4. The zero-order chi connectivity index (χ0) is 32.0. The van der Waals surface area contributed by atoms with Crippen LogP contribution >= 0.6 is 11.3 Å². The van der Waals surface area contributed by atoms with Gasteiger partial charge < -0.3 is 20.6 Å². The monoisotopic (exact) mass is 635 g/mol. The van der Waals surface area contributed by atoms with Crippen molar-refractivity contribution in [1.29, 1.82) is 0 Å². The summed E-state index contributed by atoms with van der Waals surface area (Å²) in [5.74, 6) is -0.551. The van der Waals surface area contributed by atoms with Crippen LogP contribution < -0.4 is 10.6 Å². The maximum atomic E-state index is 13.7. The number of thiophene rings is 1. The lowest BCUT2D eigenvalue weighted by Crippen LogP contribution is -2.48. The molecular formula is C35H36F3N3O3S. The number of hydrogen-bond donors (Lipinski definition) is 3. The molecule has 1 aromatic heterocycles. The van der Waals surface area contributed by atoms with Crippen molar-refractivity contribution in [2.45, 2.75) is 57.1 Å². The topological polar surface area (TPSA) is 81.7 Å². The number of carbonyl (C=O) groups is 2. The number of nitrogens with zero attached hydrogens (tertiary/aromatic N) is 1. The molecule has 1 unspecified atom stereocenters. The number of benzene rings is 3. The molecule has 0 saturated carbocycles. The van der Waals surface area contributed by atoms with Crippen molar-refractivity contribution in [2.24, 2.45) is 0 Å². The van der Waals surface area contributed by atoms with Gasteiger partial charge in [0.05, 0.1) is 23.8 Å². The largest absolute Gasteiger partial charge is 0.416 e. The number of aliphatic hydroxyl groups is 1. The van der Waals surface area contributed by atoms with Gasteiger partial charge in [-0.3, -0.25) is 9.59 Å². The number of hydrogen-bond acceptors (Lipinski definition) is 5. The Morgan fingerprint density at radius 3 is 2.47 bits per heavy atom. The molecule has 10 heteroatoms. The van der Waals surface area contributed by atoms with Crippen molar-refractivity contribution >= 4 is 23.2 Å². The van der Waals surface area contributed by atoms with Crippen molar-refractivity contribution in [1.82, 2.24) is 15.5 Å². The van der Waals surface area contributed by atoms with E-state index >= 15 is 0 Å². The summed E-state index contributed by atoms with van der Waals surface area (Å²) in [4.78, 5) is 30.3. The van der Waals surface area contributed by atoms with Gasteiger partial charge in [-0.25, -0.2) is 0 Å². The Hall–Kier alpha value is -3.99. The van der Waals surface area contributed by atoms with E-state index in [1.165, 1.54) is 6.07 Å². The van der Waals surface area contributed by atoms with Crippen LogP contribution in [0.15, 0.2) is 90.3 Å². The van der Waals surface area contributed by atoms with Gasteiger partial charge in [0.15, 0.2) is 0 Å². The van der Waals surface area contributed by atoms with E-state index in [-0.39, 0.29) is 25.0 Å². The Morgan fingerprint density at radius 1 is 0.978 bits per heavy atom. The number of likely N-dealkylation sites (tertiary alicyclic amines) is 1. The summed E-state index contributed by atoms with van der Waals surface area (Å²) in [6, 6.07) is 22.9. The van der Waals surface area contributed by atoms with Crippen molar-refractivity contribution in [3.63, 3.8) is 0 Å². The highest BCUT2D eigenvalue weighted by atomic mass is 32.1. The Bertz CT molecular complexity index is 1590. The van der Waals surface area contributed by atoms with Crippen LogP contribution in [-0.4, -0.2) is 47.1 Å². The second-order valence-electron chi connectivity index (χ2n) is 11.4. The van der Waals surface area contributed by atoms with Gasteiger partial charge in [0.2, 0.25) is 0 Å². The first kappa shape index (κ1) is 32.4. The van der Waals surface area contributed by atoms with Crippen molar-refractivity contribution in [2.75, 3.05) is 13.1 Å². The van der Waals surface area contributed by atoms with Crippen LogP contribution in [0.3, 0.4) is 0 Å². The van der Waals surface area contributed by atoms with Crippen LogP contribution in [0, 0.1) is 6.92 Å². The molecule has 6 nitrogen and oxygen atoms in total. The van der Waals surface area contributed by atoms with Gasteiger partial charge >= 0.3 is 6.18 Å². The van der Waals surface area contributed by atoms with Crippen LogP contribution in [0.4, 0.5) is 13.2 Å². The predicted octanol–water partition coefficient (Wildman–Crippen LogP) is 6.54. The molecule has 1 fully saturated rings. The van der Waals surface area contributed by atoms with E-state index in [1.54, 1.807) is 35.6 Å². The van der Waals surface area contributed by atoms with E-state index in [2.05, 4.69) is 10.6 Å². The van der Waals surface area contributed by atoms with Crippen LogP contribution in [0.25, 0.3) is 0 Å². The molecule has 2 amide bonds. The summed E-state index contributed by atoms with van der Waals surface area (Å²) < 4.78 is 39.4. The summed E-state index contributed by atoms with van der Waals surface area (Å²) in [7, 11) is 0. The van der Waals surface area contributed by atoms with Crippen molar-refractivity contribution in [3.8, 4) is 0 Å². The zero-order valence-corrected chi connectivity index (χ0v) is 25.7. The standard InChI is InChI=1S/C35H36F3N3O3S/c1-23-16-26(20-27(17-23)34(44)41-14-6-12-30(41)32-13-7-15-45-32)33(43)40-29(19-24-8-3-2-4-9-24)31(42)22-39-21-25-10-5-11-28(18-25)35(36,37)38/h2-5,7-11,13,15-18,20,29-31,39,42H,6,12,14,19,21-22H2,1H3,(H,40,43)/t29-,30?,31-/m0/s1. The van der Waals surface area contributed by atoms with Crippen LogP contribution in [0.5, 0.6) is 0 Å². The highest BCUT2D eigenvalue weighted by molar-refractivity contribution is 7.10. The molecule has 0 aliphatic carbocycles. The van der Waals surface area contributed by atoms with E-state index < -0.39 is 29.8 Å². The summed E-state index contributed by atoms with van der Waals surface area (Å²) in [6.45, 7) is 2.63. The molecule has 236 valence electrons. The molecule has 0 radical (unpaired) electrons. The normalized spacial score (nSPS) is 16.4. The first-order valence-corrected chi connectivity index (χ1v) is 15.8. The number of nitrogens with one attached hydrogen (secondary N) is 2. The van der Waals surface area contributed by atoms with Gasteiger partial charge in [-0.1, -0.05) is 54.6 Å². The van der Waals surface area contributed by atoms with Gasteiger partial charge in [0.25, 0.3) is 11.8 Å². The van der Waals surface area contributed by atoms with Gasteiger partial charge in [-0.2, -0.15) is 13.2 Å². The van der Waals surface area contributed by atoms with E-state index in [9.17, 15) is 27.9 Å². The van der Waals surface area contributed by atoms with E-state index in [0.29, 0.717) is 29.7 Å². The zero-order valence-electron chi connectivity index (χ0n) is 24.9. The highest BCUT2D eigenvalue weighted by Crippen LogP contribution is 2.35. The van der Waals surface area contributed by atoms with Crippen molar-refractivity contribution in [3.05, 3.63) is 129 Å². The average molecular weight is 636 g/mol. The lowest BCUT2D eigenvalue weighted by Gasteiger charge is -2.26. The summed E-state index contributed by atoms with van der Waals surface area (Å²) in [5, 5.41) is 19.2. The average Bonchev–Trinajstić information content (AvgIpc) is 3.73. The second-order valence-corrected chi connectivity index (χ2v) is 12.4. The Balaban J connectivity index is 1.29. The summed E-state index contributed by atoms with van der Waals surface area (Å²) in [5.41, 5.74) is 2.10. The van der Waals surface area contributed by atoms with Gasteiger partial charge in [-0.05, 0) is 78.6 Å². The molecule has 0 spiro atoms. The number of carbonyl (C=O) groups excluding carboxylic acids is 2. The highest BCUT2D eigenvalue weighted by Gasteiger charge is 2.32. The Morgan fingerprint density at radius 2 is 1.73 bits per heavy atom. The Labute approximate surface area is 264 Å². The van der Waals surface area contributed by atoms with E-state index in [1.807, 2.05) is 59.7 Å². The minimum absolute atomic E-state index is 0.0177. The lowest BCUT2D eigenvalue weighted by atomic mass is 9.99. The van der Waals surface area contributed by atoms with Gasteiger partial charge in [0, 0.05) is 35.6 Å². The first-order chi connectivity index (χ1) is 21.6. The molecule has 1 aliphatic rings. The predicted molar refractivity (Wildman–Crippen MR) is 169 cm³/mol. The number of amides is 2. The van der Waals surface area contributed by atoms with E-state index in [4.69, 9.17) is 0 Å². The lowest BCUT2D eigenvalue weighted by molar-refractivity contribution is -0.137. The maximum Gasteiger partial charge on any atom is 0.416 e. The van der Waals surface area contributed by atoms with E-state index in [0.717, 1.165) is 41.0 Å². The van der Waals surface area contributed by atoms with Crippen LogP contribution in [-0.2, 0) is 19.1 Å². The molecule has 45 heavy (non-hydrogen) atoms. The third-order valence-corrected chi connectivity index (χ3v) is 8.96. The fraction of sp³-hybridized carbons (Fsp3) is 0.314. The summed E-state index contributed by atoms with van der Waals surface area (Å²) >= 11 is 1.63. The van der Waals surface area contributed by atoms with Gasteiger partial charge in [-0.15, -0.1) is 11.3 Å². The van der Waals surface area contributed by atoms with Crippen LogP contribution in [0.2, 0.25) is 0 Å². The van der Waals surface area contributed by atoms with Crippen LogP contribution in [0.1, 0.15) is 66.7 Å². The molecule has 5 rings (SSSR count). The third-order valence-electron chi connectivity index (χ3n) is 7.99. The molecule has 3 aromatic carbocycles. The summed E-state index contributed by atoms with van der Waals surface area (Å²) in [6.07, 6.45) is -3.36. The fourth-order valence-corrected chi connectivity index (χ4v) is 6.63. The minimum atomic E-state index is -4.44. The SMILES string of the molecule is Cc1cc(C(=O)N[C@@H](Cc2ccccc2)[C@@H](O)CNCc2cccc(C(F)(F)F)c2)cc(C(=O)N2CCCC2c2cccs2)c1. The molecule has 1 saturated heterocycles. The number of aliphatic hydroxyl groups excluding tert-OH is 1. The number of halogens is 3. The minimum Gasteiger partial charge on any atom is -0.390 e. The number of aryl methyl sites for hydroxylation is 1. The Kier molecular flexibility index (Phi) is 10.4. The molecule has 3 N–H and O–H groups in total. The number of rotatable bonds is 11. The molecule has 0 bridgehead atoms.